The predicted octanol–water partition coefficient (Wildman–Crippen LogP) is 2.79. The first-order valence-corrected chi connectivity index (χ1v) is 7.23. The number of phenols is 1. The molecule has 1 amide bonds. The van der Waals surface area contributed by atoms with Crippen LogP contribution in [-0.2, 0) is 5.54 Å². The molecule has 2 rings (SSSR count). The van der Waals surface area contributed by atoms with Crippen LogP contribution in [0.3, 0.4) is 0 Å². The molecule has 3 N–H and O–H groups in total. The molecule has 0 radical (unpaired) electrons. The van der Waals surface area contributed by atoms with E-state index in [0.29, 0.717) is 4.47 Å². The summed E-state index contributed by atoms with van der Waals surface area (Å²) in [4.78, 5) is 12.4. The summed E-state index contributed by atoms with van der Waals surface area (Å²) < 4.78 is 0.691. The van der Waals surface area contributed by atoms with Crippen molar-refractivity contribution >= 4 is 21.8 Å². The van der Waals surface area contributed by atoms with Gasteiger partial charge in [0, 0.05) is 4.47 Å². The van der Waals surface area contributed by atoms with E-state index in [1.807, 2.05) is 30.3 Å². The van der Waals surface area contributed by atoms with Gasteiger partial charge in [0.1, 0.15) is 5.75 Å². The molecule has 0 bridgehead atoms. The van der Waals surface area contributed by atoms with Crippen molar-refractivity contribution in [2.24, 2.45) is 0 Å². The summed E-state index contributed by atoms with van der Waals surface area (Å²) in [6.45, 7) is 1.48. The molecule has 5 heteroatoms. The summed E-state index contributed by atoms with van der Waals surface area (Å²) in [5, 5.41) is 22.2. The second-order valence-electron chi connectivity index (χ2n) is 4.97. The Bertz CT molecular complexity index is 645. The fraction of sp³-hybridized carbons (Fsp3) is 0.188. The number of aliphatic hydroxyl groups excluding tert-OH is 1. The molecule has 0 aliphatic heterocycles. The van der Waals surface area contributed by atoms with Crippen LogP contribution in [0.4, 0.5) is 0 Å². The minimum absolute atomic E-state index is 0.107. The normalized spacial score (nSPS) is 13.5. The molecular weight excluding hydrogens is 334 g/mol. The van der Waals surface area contributed by atoms with E-state index in [4.69, 9.17) is 0 Å². The van der Waals surface area contributed by atoms with E-state index in [1.54, 1.807) is 13.0 Å². The Morgan fingerprint density at radius 3 is 2.52 bits per heavy atom. The largest absolute Gasteiger partial charge is 0.507 e. The zero-order chi connectivity index (χ0) is 15.5. The van der Waals surface area contributed by atoms with E-state index in [0.717, 1.165) is 5.56 Å². The maximum absolute atomic E-state index is 12.4. The Hall–Kier alpha value is -1.85. The van der Waals surface area contributed by atoms with Gasteiger partial charge in [-0.3, -0.25) is 4.79 Å². The standard InChI is InChI=1S/C16H16BrNO3/c1-16(10-19,11-5-3-2-4-6-11)18-15(21)13-9-12(17)7-8-14(13)20/h2-9,19-20H,10H2,1H3,(H,18,21). The molecule has 21 heavy (non-hydrogen) atoms. The van der Waals surface area contributed by atoms with Crippen molar-refractivity contribution < 1.29 is 15.0 Å². The van der Waals surface area contributed by atoms with Crippen LogP contribution < -0.4 is 5.32 Å². The van der Waals surface area contributed by atoms with Crippen LogP contribution in [0, 0.1) is 0 Å². The number of nitrogens with one attached hydrogen (secondary N) is 1. The lowest BCUT2D eigenvalue weighted by Gasteiger charge is -2.29. The lowest BCUT2D eigenvalue weighted by molar-refractivity contribution is 0.0847. The molecule has 0 aromatic heterocycles. The van der Waals surface area contributed by atoms with Crippen LogP contribution in [-0.4, -0.2) is 22.7 Å². The van der Waals surface area contributed by atoms with E-state index >= 15 is 0 Å². The molecule has 0 aliphatic rings. The van der Waals surface area contributed by atoms with Gasteiger partial charge in [-0.15, -0.1) is 0 Å². The molecular formula is C16H16BrNO3. The maximum Gasteiger partial charge on any atom is 0.255 e. The molecule has 0 spiro atoms. The predicted molar refractivity (Wildman–Crippen MR) is 84.2 cm³/mol. The molecule has 0 heterocycles. The van der Waals surface area contributed by atoms with Crippen molar-refractivity contribution in [3.05, 3.63) is 64.1 Å². The quantitative estimate of drug-likeness (QED) is 0.794. The molecule has 0 aliphatic carbocycles. The zero-order valence-corrected chi connectivity index (χ0v) is 13.1. The molecule has 4 nitrogen and oxygen atoms in total. The number of benzene rings is 2. The second kappa shape index (κ2) is 6.28. The number of rotatable bonds is 4. The van der Waals surface area contributed by atoms with Gasteiger partial charge in [0.2, 0.25) is 0 Å². The van der Waals surface area contributed by atoms with Gasteiger partial charge in [0.05, 0.1) is 17.7 Å². The highest BCUT2D eigenvalue weighted by Crippen LogP contribution is 2.25. The van der Waals surface area contributed by atoms with Crippen LogP contribution in [0.25, 0.3) is 0 Å². The number of carbonyl (C=O) groups is 1. The first-order valence-electron chi connectivity index (χ1n) is 6.44. The fourth-order valence-electron chi connectivity index (χ4n) is 2.02. The van der Waals surface area contributed by atoms with Gasteiger partial charge < -0.3 is 15.5 Å². The average Bonchev–Trinajstić information content (AvgIpc) is 2.50. The van der Waals surface area contributed by atoms with Crippen molar-refractivity contribution in [2.45, 2.75) is 12.5 Å². The van der Waals surface area contributed by atoms with Gasteiger partial charge in [0.15, 0.2) is 0 Å². The van der Waals surface area contributed by atoms with Crippen molar-refractivity contribution in [3.63, 3.8) is 0 Å². The molecule has 110 valence electrons. The first-order chi connectivity index (χ1) is 9.96. The third-order valence-electron chi connectivity index (χ3n) is 3.32. The summed E-state index contributed by atoms with van der Waals surface area (Å²) in [7, 11) is 0. The summed E-state index contributed by atoms with van der Waals surface area (Å²) >= 11 is 3.27. The number of hydrogen-bond acceptors (Lipinski definition) is 3. The smallest absolute Gasteiger partial charge is 0.255 e. The highest BCUT2D eigenvalue weighted by atomic mass is 79.9. The number of phenolic OH excluding ortho intramolecular Hbond substituents is 1. The molecule has 0 saturated carbocycles. The summed E-state index contributed by atoms with van der Waals surface area (Å²) in [6, 6.07) is 13.8. The fourth-order valence-corrected chi connectivity index (χ4v) is 2.38. The Balaban J connectivity index is 2.30. The lowest BCUT2D eigenvalue weighted by atomic mass is 9.92. The monoisotopic (exact) mass is 349 g/mol. The van der Waals surface area contributed by atoms with Crippen molar-refractivity contribution in [1.82, 2.24) is 5.32 Å². The number of aromatic hydroxyl groups is 1. The zero-order valence-electron chi connectivity index (χ0n) is 11.5. The van der Waals surface area contributed by atoms with Crippen LogP contribution in [0.1, 0.15) is 22.8 Å². The van der Waals surface area contributed by atoms with Crippen LogP contribution >= 0.6 is 15.9 Å². The Kier molecular flexibility index (Phi) is 4.65. The minimum Gasteiger partial charge on any atom is -0.507 e. The number of amides is 1. The molecule has 2 aromatic rings. The molecule has 1 unspecified atom stereocenters. The Labute approximate surface area is 131 Å². The first kappa shape index (κ1) is 15.5. The van der Waals surface area contributed by atoms with Gasteiger partial charge in [-0.05, 0) is 30.7 Å². The van der Waals surface area contributed by atoms with E-state index in [1.165, 1.54) is 12.1 Å². The maximum atomic E-state index is 12.4. The SMILES string of the molecule is CC(CO)(NC(=O)c1cc(Br)ccc1O)c1ccccc1. The van der Waals surface area contributed by atoms with Gasteiger partial charge in [-0.2, -0.15) is 0 Å². The molecule has 0 saturated heterocycles. The number of aliphatic hydroxyl groups is 1. The number of carbonyl (C=O) groups excluding carboxylic acids is 1. The lowest BCUT2D eigenvalue weighted by Crippen LogP contribution is -2.46. The topological polar surface area (TPSA) is 69.6 Å². The summed E-state index contributed by atoms with van der Waals surface area (Å²) in [5.41, 5.74) is 0.0166. The molecule has 0 fully saturated rings. The van der Waals surface area contributed by atoms with Crippen LogP contribution in [0.15, 0.2) is 53.0 Å². The summed E-state index contributed by atoms with van der Waals surface area (Å²) in [6.07, 6.45) is 0. The van der Waals surface area contributed by atoms with Crippen LogP contribution in [0.5, 0.6) is 5.75 Å². The van der Waals surface area contributed by atoms with Crippen LogP contribution in [0.2, 0.25) is 0 Å². The van der Waals surface area contributed by atoms with E-state index in [2.05, 4.69) is 21.2 Å². The Morgan fingerprint density at radius 1 is 1.24 bits per heavy atom. The van der Waals surface area contributed by atoms with E-state index < -0.39 is 11.4 Å². The van der Waals surface area contributed by atoms with Crippen molar-refractivity contribution in [2.75, 3.05) is 6.61 Å². The molecule has 2 aromatic carbocycles. The van der Waals surface area contributed by atoms with Crippen molar-refractivity contribution in [3.8, 4) is 5.75 Å². The van der Waals surface area contributed by atoms with Gasteiger partial charge in [-0.1, -0.05) is 46.3 Å². The highest BCUT2D eigenvalue weighted by molar-refractivity contribution is 9.10. The van der Waals surface area contributed by atoms with Crippen molar-refractivity contribution in [1.29, 1.82) is 0 Å². The number of halogens is 1. The van der Waals surface area contributed by atoms with E-state index in [9.17, 15) is 15.0 Å². The van der Waals surface area contributed by atoms with Gasteiger partial charge in [0.25, 0.3) is 5.91 Å². The Morgan fingerprint density at radius 2 is 1.90 bits per heavy atom. The second-order valence-corrected chi connectivity index (χ2v) is 5.89. The molecule has 1 atom stereocenters. The third kappa shape index (κ3) is 3.43. The van der Waals surface area contributed by atoms with Gasteiger partial charge >= 0.3 is 0 Å². The summed E-state index contributed by atoms with van der Waals surface area (Å²) in [5.74, 6) is -0.557. The highest BCUT2D eigenvalue weighted by Gasteiger charge is 2.29. The van der Waals surface area contributed by atoms with Gasteiger partial charge in [-0.25, -0.2) is 0 Å². The third-order valence-corrected chi connectivity index (χ3v) is 3.81. The minimum atomic E-state index is -0.924. The average molecular weight is 350 g/mol. The van der Waals surface area contributed by atoms with E-state index in [-0.39, 0.29) is 17.9 Å². The number of hydrogen-bond donors (Lipinski definition) is 3.